The molecular formula is C16H13ClN2O6. The second-order valence-electron chi connectivity index (χ2n) is 4.79. The zero-order chi connectivity index (χ0) is 18.6. The number of nitrogens with one attached hydrogen (secondary N) is 1. The molecule has 130 valence electrons. The Balaban J connectivity index is 2.55. The molecule has 2 aromatic rings. The molecule has 0 bridgehead atoms. The SMILES string of the molecule is COC(=O)c1ccc([N+](=O)[O-])c(Nc2cc(Cl)ccc2C(=O)OC)c1. The van der Waals surface area contributed by atoms with Crippen LogP contribution in [-0.2, 0) is 9.47 Å². The van der Waals surface area contributed by atoms with Crippen molar-refractivity contribution in [1.29, 1.82) is 0 Å². The lowest BCUT2D eigenvalue weighted by atomic mass is 10.1. The summed E-state index contributed by atoms with van der Waals surface area (Å²) in [7, 11) is 2.41. The van der Waals surface area contributed by atoms with E-state index >= 15 is 0 Å². The van der Waals surface area contributed by atoms with Gasteiger partial charge in [-0.3, -0.25) is 10.1 Å². The first-order chi connectivity index (χ1) is 11.9. The minimum atomic E-state index is -0.655. The number of halogens is 1. The fourth-order valence-corrected chi connectivity index (χ4v) is 2.27. The maximum Gasteiger partial charge on any atom is 0.339 e. The van der Waals surface area contributed by atoms with Crippen molar-refractivity contribution in [3.63, 3.8) is 0 Å². The Bertz CT molecular complexity index is 853. The number of nitro benzene ring substituents is 1. The lowest BCUT2D eigenvalue weighted by molar-refractivity contribution is -0.383. The lowest BCUT2D eigenvalue weighted by Crippen LogP contribution is -2.08. The van der Waals surface area contributed by atoms with Gasteiger partial charge in [-0.1, -0.05) is 11.6 Å². The highest BCUT2D eigenvalue weighted by molar-refractivity contribution is 6.31. The summed E-state index contributed by atoms with van der Waals surface area (Å²) in [4.78, 5) is 34.1. The second kappa shape index (κ2) is 7.63. The summed E-state index contributed by atoms with van der Waals surface area (Å²) in [5, 5.41) is 14.3. The first-order valence-electron chi connectivity index (χ1n) is 6.89. The van der Waals surface area contributed by atoms with Gasteiger partial charge in [0.25, 0.3) is 5.69 Å². The minimum Gasteiger partial charge on any atom is -0.465 e. The number of anilines is 2. The summed E-state index contributed by atoms with van der Waals surface area (Å²) in [6.07, 6.45) is 0. The molecule has 2 rings (SSSR count). The van der Waals surface area contributed by atoms with Crippen molar-refractivity contribution < 1.29 is 24.0 Å². The highest BCUT2D eigenvalue weighted by Crippen LogP contribution is 2.32. The topological polar surface area (TPSA) is 108 Å². The molecule has 0 saturated carbocycles. The van der Waals surface area contributed by atoms with Gasteiger partial charge in [-0.2, -0.15) is 0 Å². The van der Waals surface area contributed by atoms with Crippen LogP contribution in [0.1, 0.15) is 20.7 Å². The van der Waals surface area contributed by atoms with E-state index in [1.54, 1.807) is 0 Å². The van der Waals surface area contributed by atoms with Crippen LogP contribution in [0.5, 0.6) is 0 Å². The Labute approximate surface area is 147 Å². The molecule has 9 heteroatoms. The average molecular weight is 365 g/mol. The fraction of sp³-hybridized carbons (Fsp3) is 0.125. The maximum absolute atomic E-state index is 11.9. The number of nitro groups is 1. The van der Waals surface area contributed by atoms with Gasteiger partial charge in [0.05, 0.1) is 36.0 Å². The number of benzene rings is 2. The van der Waals surface area contributed by atoms with E-state index in [4.69, 9.17) is 11.6 Å². The van der Waals surface area contributed by atoms with E-state index in [-0.39, 0.29) is 28.2 Å². The third-order valence-electron chi connectivity index (χ3n) is 3.27. The summed E-state index contributed by atoms with van der Waals surface area (Å²) in [6, 6.07) is 8.02. The van der Waals surface area contributed by atoms with Gasteiger partial charge in [-0.15, -0.1) is 0 Å². The summed E-state index contributed by atoms with van der Waals surface area (Å²) in [5.41, 5.74) is 0.148. The second-order valence-corrected chi connectivity index (χ2v) is 5.22. The van der Waals surface area contributed by atoms with Gasteiger partial charge in [0.15, 0.2) is 0 Å². The predicted octanol–water partition coefficient (Wildman–Crippen LogP) is 3.57. The van der Waals surface area contributed by atoms with Crippen LogP contribution < -0.4 is 5.32 Å². The van der Waals surface area contributed by atoms with Crippen LogP contribution >= 0.6 is 11.6 Å². The molecule has 0 heterocycles. The molecule has 0 saturated heterocycles. The van der Waals surface area contributed by atoms with Crippen LogP contribution in [0.3, 0.4) is 0 Å². The Hall–Kier alpha value is -3.13. The molecule has 0 atom stereocenters. The van der Waals surface area contributed by atoms with Crippen molar-refractivity contribution in [2.45, 2.75) is 0 Å². The number of nitrogens with zero attached hydrogens (tertiary/aromatic N) is 1. The van der Waals surface area contributed by atoms with E-state index in [9.17, 15) is 19.7 Å². The Morgan fingerprint density at radius 2 is 1.72 bits per heavy atom. The van der Waals surface area contributed by atoms with Gasteiger partial charge in [-0.25, -0.2) is 9.59 Å². The smallest absolute Gasteiger partial charge is 0.339 e. The van der Waals surface area contributed by atoms with Crippen molar-refractivity contribution in [1.82, 2.24) is 0 Å². The number of rotatable bonds is 5. The Kier molecular flexibility index (Phi) is 5.56. The minimum absolute atomic E-state index is 0.000296. The summed E-state index contributed by atoms with van der Waals surface area (Å²) in [6.45, 7) is 0. The summed E-state index contributed by atoms with van der Waals surface area (Å²) >= 11 is 5.94. The molecule has 0 radical (unpaired) electrons. The number of carbonyl (C=O) groups is 2. The highest BCUT2D eigenvalue weighted by Gasteiger charge is 2.20. The first kappa shape index (κ1) is 18.2. The van der Waals surface area contributed by atoms with Crippen LogP contribution in [0.2, 0.25) is 5.02 Å². The van der Waals surface area contributed by atoms with E-state index in [2.05, 4.69) is 14.8 Å². The van der Waals surface area contributed by atoms with Gasteiger partial charge in [0.2, 0.25) is 0 Å². The average Bonchev–Trinajstić information content (AvgIpc) is 2.60. The molecule has 0 aromatic heterocycles. The van der Waals surface area contributed by atoms with E-state index < -0.39 is 16.9 Å². The molecule has 0 aliphatic rings. The van der Waals surface area contributed by atoms with Gasteiger partial charge >= 0.3 is 11.9 Å². The van der Waals surface area contributed by atoms with E-state index in [0.717, 1.165) is 6.07 Å². The third-order valence-corrected chi connectivity index (χ3v) is 3.51. The van der Waals surface area contributed by atoms with Gasteiger partial charge in [0.1, 0.15) is 5.69 Å². The number of ether oxygens (including phenoxy) is 2. The van der Waals surface area contributed by atoms with Crippen molar-refractivity contribution >= 4 is 40.6 Å². The fourth-order valence-electron chi connectivity index (χ4n) is 2.09. The number of hydrogen-bond acceptors (Lipinski definition) is 7. The highest BCUT2D eigenvalue weighted by atomic mass is 35.5. The van der Waals surface area contributed by atoms with Crippen LogP contribution in [0, 0.1) is 10.1 Å². The lowest BCUT2D eigenvalue weighted by Gasteiger charge is -2.12. The van der Waals surface area contributed by atoms with Crippen molar-refractivity contribution in [3.05, 3.63) is 62.7 Å². The predicted molar refractivity (Wildman–Crippen MR) is 90.5 cm³/mol. The van der Waals surface area contributed by atoms with Crippen molar-refractivity contribution in [2.75, 3.05) is 19.5 Å². The Morgan fingerprint density at radius 3 is 2.32 bits per heavy atom. The quantitative estimate of drug-likeness (QED) is 0.490. The first-order valence-corrected chi connectivity index (χ1v) is 7.26. The normalized spacial score (nSPS) is 10.0. The van der Waals surface area contributed by atoms with Gasteiger partial charge in [-0.05, 0) is 30.3 Å². The van der Waals surface area contributed by atoms with Crippen molar-refractivity contribution in [2.24, 2.45) is 0 Å². The number of esters is 2. The zero-order valence-electron chi connectivity index (χ0n) is 13.2. The molecule has 0 amide bonds. The van der Waals surface area contributed by atoms with Crippen LogP contribution in [0.4, 0.5) is 17.1 Å². The Morgan fingerprint density at radius 1 is 1.04 bits per heavy atom. The maximum atomic E-state index is 11.9. The van der Waals surface area contributed by atoms with E-state index in [0.29, 0.717) is 5.02 Å². The molecule has 0 unspecified atom stereocenters. The number of methoxy groups -OCH3 is 2. The molecule has 2 aromatic carbocycles. The molecule has 0 aliphatic carbocycles. The zero-order valence-corrected chi connectivity index (χ0v) is 14.0. The molecule has 0 aliphatic heterocycles. The van der Waals surface area contributed by atoms with Gasteiger partial charge in [0, 0.05) is 11.1 Å². The van der Waals surface area contributed by atoms with Crippen LogP contribution in [0.15, 0.2) is 36.4 Å². The monoisotopic (exact) mass is 364 g/mol. The molecule has 0 fully saturated rings. The molecule has 0 spiro atoms. The van der Waals surface area contributed by atoms with Crippen LogP contribution in [0.25, 0.3) is 0 Å². The number of carbonyl (C=O) groups excluding carboxylic acids is 2. The molecule has 1 N–H and O–H groups in total. The third kappa shape index (κ3) is 4.04. The molecular weight excluding hydrogens is 352 g/mol. The van der Waals surface area contributed by atoms with Gasteiger partial charge < -0.3 is 14.8 Å². The number of hydrogen-bond donors (Lipinski definition) is 1. The van der Waals surface area contributed by atoms with Crippen molar-refractivity contribution in [3.8, 4) is 0 Å². The van der Waals surface area contributed by atoms with E-state index in [1.165, 1.54) is 44.6 Å². The molecule has 8 nitrogen and oxygen atoms in total. The largest absolute Gasteiger partial charge is 0.465 e. The van der Waals surface area contributed by atoms with Crippen LogP contribution in [-0.4, -0.2) is 31.1 Å². The summed E-state index contributed by atoms with van der Waals surface area (Å²) in [5.74, 6) is -1.30. The summed E-state index contributed by atoms with van der Waals surface area (Å²) < 4.78 is 9.29. The standard InChI is InChI=1S/C16H13ClN2O6/c1-24-15(20)9-3-6-14(19(22)23)13(7-9)18-12-8-10(17)4-5-11(12)16(21)25-2/h3-8,18H,1-2H3. The van der Waals surface area contributed by atoms with E-state index in [1.807, 2.05) is 0 Å². The molecule has 25 heavy (non-hydrogen) atoms.